The predicted molar refractivity (Wildman–Crippen MR) is 54.3 cm³/mol. The summed E-state index contributed by atoms with van der Waals surface area (Å²) in [4.78, 5) is 0. The average Bonchev–Trinajstić information content (AvgIpc) is 2.31. The summed E-state index contributed by atoms with van der Waals surface area (Å²) in [5, 5.41) is 0. The summed E-state index contributed by atoms with van der Waals surface area (Å²) >= 11 is 0. The highest BCUT2D eigenvalue weighted by Gasteiger charge is 2.53. The SMILES string of the molecule is NCc1c(C(F)(F)F)cc(C(F)(F)F)c(C(F)(F)F)c1C(F)(F)F. The number of hydrogen-bond donors (Lipinski definition) is 1. The maximum atomic E-state index is 12.9. The van der Waals surface area contributed by atoms with E-state index in [1.54, 1.807) is 0 Å². The van der Waals surface area contributed by atoms with Crippen molar-refractivity contribution in [2.24, 2.45) is 5.73 Å². The van der Waals surface area contributed by atoms with Crippen LogP contribution in [0.5, 0.6) is 0 Å². The number of rotatable bonds is 1. The van der Waals surface area contributed by atoms with Gasteiger partial charge in [-0.05, 0) is 11.6 Å². The number of nitrogens with two attached hydrogens (primary N) is 1. The highest BCUT2D eigenvalue weighted by Crippen LogP contribution is 2.50. The Balaban J connectivity index is 4.21. The zero-order valence-corrected chi connectivity index (χ0v) is 10.9. The Kier molecular flexibility index (Phi) is 4.85. The molecule has 138 valence electrons. The van der Waals surface area contributed by atoms with Crippen LogP contribution in [-0.2, 0) is 31.2 Å². The first-order valence-electron chi connectivity index (χ1n) is 5.61. The predicted octanol–water partition coefficient (Wildman–Crippen LogP) is 5.22. The minimum Gasteiger partial charge on any atom is -0.326 e. The van der Waals surface area contributed by atoms with E-state index in [-0.39, 0.29) is 0 Å². The summed E-state index contributed by atoms with van der Waals surface area (Å²) in [6.07, 6.45) is -24.3. The molecule has 0 spiro atoms. The molecule has 0 aromatic heterocycles. The van der Waals surface area contributed by atoms with E-state index in [0.29, 0.717) is 0 Å². The Morgan fingerprint density at radius 1 is 0.583 bits per heavy atom. The fraction of sp³-hybridized carbons (Fsp3) is 0.455. The van der Waals surface area contributed by atoms with Crippen LogP contribution in [0.3, 0.4) is 0 Å². The molecule has 13 heteroatoms. The lowest BCUT2D eigenvalue weighted by Gasteiger charge is -2.26. The topological polar surface area (TPSA) is 26.0 Å². The van der Waals surface area contributed by atoms with Crippen molar-refractivity contribution in [2.45, 2.75) is 31.2 Å². The fourth-order valence-electron chi connectivity index (χ4n) is 2.02. The van der Waals surface area contributed by atoms with E-state index in [4.69, 9.17) is 0 Å². The normalized spacial score (nSPS) is 14.2. The Morgan fingerprint density at radius 2 is 0.958 bits per heavy atom. The summed E-state index contributed by atoms with van der Waals surface area (Å²) < 4.78 is 153. The second kappa shape index (κ2) is 5.70. The Bertz CT molecular complexity index is 616. The molecule has 0 aliphatic rings. The Labute approximate surface area is 125 Å². The molecular formula is C11H5F12N. The summed E-state index contributed by atoms with van der Waals surface area (Å²) in [7, 11) is 0. The van der Waals surface area contributed by atoms with E-state index in [9.17, 15) is 52.7 Å². The summed E-state index contributed by atoms with van der Waals surface area (Å²) in [6.45, 7) is -1.70. The minimum absolute atomic E-state index is 1.01. The van der Waals surface area contributed by atoms with Crippen LogP contribution in [0.2, 0.25) is 0 Å². The van der Waals surface area contributed by atoms with Crippen molar-refractivity contribution in [2.75, 3.05) is 0 Å². The van der Waals surface area contributed by atoms with Crippen LogP contribution >= 0.6 is 0 Å². The second-order valence-electron chi connectivity index (χ2n) is 4.40. The van der Waals surface area contributed by atoms with Crippen LogP contribution in [0, 0.1) is 0 Å². The summed E-state index contributed by atoms with van der Waals surface area (Å²) in [6, 6.07) is -1.01. The van der Waals surface area contributed by atoms with E-state index in [1.807, 2.05) is 0 Å². The quantitative estimate of drug-likeness (QED) is 0.666. The first-order chi connectivity index (χ1) is 10.4. The van der Waals surface area contributed by atoms with Crippen molar-refractivity contribution in [1.82, 2.24) is 0 Å². The molecule has 0 saturated heterocycles. The van der Waals surface area contributed by atoms with Gasteiger partial charge in [0.2, 0.25) is 0 Å². The molecule has 0 fully saturated rings. The van der Waals surface area contributed by atoms with Gasteiger partial charge < -0.3 is 5.73 Å². The van der Waals surface area contributed by atoms with Gasteiger partial charge in [0.05, 0.1) is 22.3 Å². The lowest BCUT2D eigenvalue weighted by molar-refractivity contribution is -0.176. The molecule has 0 radical (unpaired) electrons. The van der Waals surface area contributed by atoms with Crippen molar-refractivity contribution >= 4 is 0 Å². The number of alkyl halides is 12. The molecular weight excluding hydrogens is 374 g/mol. The molecule has 0 aliphatic heterocycles. The smallest absolute Gasteiger partial charge is 0.326 e. The van der Waals surface area contributed by atoms with Crippen molar-refractivity contribution in [1.29, 1.82) is 0 Å². The van der Waals surface area contributed by atoms with Crippen LogP contribution in [0.1, 0.15) is 27.8 Å². The van der Waals surface area contributed by atoms with E-state index >= 15 is 0 Å². The molecule has 0 aliphatic carbocycles. The van der Waals surface area contributed by atoms with E-state index < -0.39 is 65.1 Å². The maximum absolute atomic E-state index is 12.9. The van der Waals surface area contributed by atoms with Gasteiger partial charge in [0.25, 0.3) is 0 Å². The van der Waals surface area contributed by atoms with Crippen molar-refractivity contribution < 1.29 is 52.7 Å². The molecule has 0 heterocycles. The molecule has 2 N–H and O–H groups in total. The first-order valence-corrected chi connectivity index (χ1v) is 5.61. The summed E-state index contributed by atoms with van der Waals surface area (Å²) in [5.41, 5.74) is -9.42. The summed E-state index contributed by atoms with van der Waals surface area (Å²) in [5.74, 6) is 0. The standard InChI is InChI=1S/C11H5F12N/c12-8(13,14)4-1-5(9(15,16)17)7(11(21,22)23)6(3(4)2-24)10(18,19)20/h1H,2,24H2. The van der Waals surface area contributed by atoms with Gasteiger partial charge in [-0.15, -0.1) is 0 Å². The Hall–Kier alpha value is -1.66. The van der Waals surface area contributed by atoms with Gasteiger partial charge in [0, 0.05) is 6.54 Å². The molecule has 0 atom stereocenters. The van der Waals surface area contributed by atoms with Crippen molar-refractivity contribution in [3.63, 3.8) is 0 Å². The molecule has 0 unspecified atom stereocenters. The van der Waals surface area contributed by atoms with Gasteiger partial charge in [-0.1, -0.05) is 0 Å². The lowest BCUT2D eigenvalue weighted by Crippen LogP contribution is -2.28. The molecule has 0 saturated carbocycles. The third kappa shape index (κ3) is 3.87. The number of halogens is 12. The van der Waals surface area contributed by atoms with E-state index in [0.717, 1.165) is 0 Å². The Morgan fingerprint density at radius 3 is 1.21 bits per heavy atom. The van der Waals surface area contributed by atoms with E-state index in [2.05, 4.69) is 5.73 Å². The van der Waals surface area contributed by atoms with Crippen molar-refractivity contribution in [3.8, 4) is 0 Å². The van der Waals surface area contributed by atoms with Crippen LogP contribution in [0.25, 0.3) is 0 Å². The maximum Gasteiger partial charge on any atom is 0.417 e. The molecule has 1 nitrogen and oxygen atoms in total. The fourth-order valence-corrected chi connectivity index (χ4v) is 2.02. The highest BCUT2D eigenvalue weighted by atomic mass is 19.4. The van der Waals surface area contributed by atoms with Crippen molar-refractivity contribution in [3.05, 3.63) is 33.9 Å². The highest BCUT2D eigenvalue weighted by molar-refractivity contribution is 5.51. The second-order valence-corrected chi connectivity index (χ2v) is 4.40. The van der Waals surface area contributed by atoms with Crippen LogP contribution < -0.4 is 5.73 Å². The minimum atomic E-state index is -6.22. The van der Waals surface area contributed by atoms with Crippen LogP contribution in [0.15, 0.2) is 6.07 Å². The van der Waals surface area contributed by atoms with Gasteiger partial charge in [-0.3, -0.25) is 0 Å². The van der Waals surface area contributed by atoms with Gasteiger partial charge in [-0.25, -0.2) is 0 Å². The van der Waals surface area contributed by atoms with Gasteiger partial charge in [0.15, 0.2) is 0 Å². The molecule has 1 aromatic rings. The monoisotopic (exact) mass is 379 g/mol. The van der Waals surface area contributed by atoms with Gasteiger partial charge >= 0.3 is 24.7 Å². The van der Waals surface area contributed by atoms with Crippen LogP contribution in [0.4, 0.5) is 52.7 Å². The van der Waals surface area contributed by atoms with E-state index in [1.165, 1.54) is 0 Å². The zero-order valence-electron chi connectivity index (χ0n) is 10.9. The number of hydrogen-bond acceptors (Lipinski definition) is 1. The molecule has 1 aromatic carbocycles. The molecule has 24 heavy (non-hydrogen) atoms. The third-order valence-corrected chi connectivity index (χ3v) is 2.82. The first kappa shape index (κ1) is 20.4. The average molecular weight is 379 g/mol. The molecule has 0 amide bonds. The number of benzene rings is 1. The van der Waals surface area contributed by atoms with Gasteiger partial charge in [0.1, 0.15) is 0 Å². The molecule has 0 bridgehead atoms. The largest absolute Gasteiger partial charge is 0.417 e. The van der Waals surface area contributed by atoms with Gasteiger partial charge in [-0.2, -0.15) is 52.7 Å². The molecule has 1 rings (SSSR count). The van der Waals surface area contributed by atoms with Crippen LogP contribution in [-0.4, -0.2) is 0 Å². The lowest BCUT2D eigenvalue weighted by atomic mass is 9.89. The third-order valence-electron chi connectivity index (χ3n) is 2.82. The zero-order chi connectivity index (χ0) is 19.3.